The molecule has 1 atom stereocenters. The molecule has 0 saturated carbocycles. The van der Waals surface area contributed by atoms with Crippen molar-refractivity contribution in [3.05, 3.63) is 18.0 Å². The zero-order chi connectivity index (χ0) is 14.5. The van der Waals surface area contributed by atoms with Gasteiger partial charge in [-0.05, 0) is 12.5 Å². The van der Waals surface area contributed by atoms with Crippen LogP contribution >= 0.6 is 0 Å². The summed E-state index contributed by atoms with van der Waals surface area (Å²) in [5, 5.41) is 13.5. The lowest BCUT2D eigenvalue weighted by molar-refractivity contribution is -0.170. The average Bonchev–Trinajstić information content (AvgIpc) is 2.76. The first-order valence-electron chi connectivity index (χ1n) is 5.78. The third-order valence-electron chi connectivity index (χ3n) is 2.41. The van der Waals surface area contributed by atoms with Crippen molar-refractivity contribution in [2.75, 3.05) is 13.2 Å². The second-order valence-electron chi connectivity index (χ2n) is 4.14. The number of aromatic nitrogens is 2. The van der Waals surface area contributed by atoms with E-state index >= 15 is 0 Å². The summed E-state index contributed by atoms with van der Waals surface area (Å²) >= 11 is 0. The van der Waals surface area contributed by atoms with Gasteiger partial charge in [0.15, 0.2) is 0 Å². The Kier molecular flexibility index (Phi) is 5.74. The minimum absolute atomic E-state index is 0.167. The van der Waals surface area contributed by atoms with Crippen molar-refractivity contribution >= 4 is 0 Å². The fourth-order valence-corrected chi connectivity index (χ4v) is 1.41. The number of alkyl halides is 4. The molecule has 1 aromatic rings. The molecule has 0 aliphatic heterocycles. The summed E-state index contributed by atoms with van der Waals surface area (Å²) in [5.41, 5.74) is 0.721. The molecule has 0 saturated heterocycles. The van der Waals surface area contributed by atoms with Crippen molar-refractivity contribution < 1.29 is 27.4 Å². The molecule has 1 N–H and O–H groups in total. The largest absolute Gasteiger partial charge is 0.390 e. The first-order valence-corrected chi connectivity index (χ1v) is 5.78. The van der Waals surface area contributed by atoms with E-state index in [9.17, 15) is 22.7 Å². The van der Waals surface area contributed by atoms with Crippen LogP contribution in [0.3, 0.4) is 0 Å². The molecule has 0 fully saturated rings. The molecule has 0 radical (unpaired) electrons. The number of halogens is 4. The van der Waals surface area contributed by atoms with Crippen LogP contribution in [0.5, 0.6) is 0 Å². The highest BCUT2D eigenvalue weighted by Gasteiger charge is 2.41. The average molecular weight is 284 g/mol. The van der Waals surface area contributed by atoms with E-state index in [1.54, 1.807) is 17.1 Å². The van der Waals surface area contributed by atoms with Gasteiger partial charge in [0, 0.05) is 19.2 Å². The van der Waals surface area contributed by atoms with Crippen molar-refractivity contribution in [2.45, 2.75) is 38.3 Å². The summed E-state index contributed by atoms with van der Waals surface area (Å²) in [6.07, 6.45) is -1.40. The van der Waals surface area contributed by atoms with Crippen LogP contribution in [0.1, 0.15) is 12.5 Å². The van der Waals surface area contributed by atoms with Gasteiger partial charge < -0.3 is 9.84 Å². The number of hydrogen-bond acceptors (Lipinski definition) is 3. The van der Waals surface area contributed by atoms with Crippen molar-refractivity contribution in [1.82, 2.24) is 9.78 Å². The molecule has 8 heteroatoms. The molecule has 110 valence electrons. The lowest BCUT2D eigenvalue weighted by Crippen LogP contribution is -2.34. The predicted octanol–water partition coefficient (Wildman–Crippen LogP) is 1.72. The minimum Gasteiger partial charge on any atom is -0.390 e. The van der Waals surface area contributed by atoms with Crippen LogP contribution in [0.2, 0.25) is 0 Å². The van der Waals surface area contributed by atoms with Gasteiger partial charge in [-0.25, -0.2) is 8.78 Å². The third kappa shape index (κ3) is 5.15. The van der Waals surface area contributed by atoms with Crippen LogP contribution in [0.25, 0.3) is 0 Å². The molecule has 1 unspecified atom stereocenters. The van der Waals surface area contributed by atoms with E-state index in [0.717, 1.165) is 5.56 Å². The van der Waals surface area contributed by atoms with Gasteiger partial charge in [-0.2, -0.15) is 13.9 Å². The van der Waals surface area contributed by atoms with E-state index in [-0.39, 0.29) is 6.42 Å². The maximum absolute atomic E-state index is 12.5. The second-order valence-corrected chi connectivity index (χ2v) is 4.14. The Bertz CT molecular complexity index is 385. The fraction of sp³-hybridized carbons (Fsp3) is 0.727. The molecule has 0 spiro atoms. The molecule has 0 aliphatic carbocycles. The molecule has 1 aromatic heterocycles. The molecule has 0 aliphatic rings. The van der Waals surface area contributed by atoms with E-state index in [2.05, 4.69) is 9.84 Å². The lowest BCUT2D eigenvalue weighted by Gasteiger charge is -2.16. The summed E-state index contributed by atoms with van der Waals surface area (Å²) in [5.74, 6) is -4.19. The standard InChI is InChI=1S/C11H16F4N2O2/c1-2-17-5-8(4-16-17)3-9(18)6-19-7-11(14,15)10(12)13/h4-5,9-10,18H,2-3,6-7H2,1H3. The number of rotatable bonds is 8. The highest BCUT2D eigenvalue weighted by molar-refractivity contribution is 5.05. The Hall–Kier alpha value is -1.15. The SMILES string of the molecule is CCn1cc(CC(O)COCC(F)(F)C(F)F)cn1. The third-order valence-corrected chi connectivity index (χ3v) is 2.41. The number of aliphatic hydroxyl groups excluding tert-OH is 1. The highest BCUT2D eigenvalue weighted by atomic mass is 19.3. The summed E-state index contributed by atoms with van der Waals surface area (Å²) in [7, 11) is 0. The zero-order valence-electron chi connectivity index (χ0n) is 10.4. The van der Waals surface area contributed by atoms with Gasteiger partial charge in [-0.1, -0.05) is 0 Å². The predicted molar refractivity (Wildman–Crippen MR) is 59.4 cm³/mol. The van der Waals surface area contributed by atoms with E-state index in [0.29, 0.717) is 6.54 Å². The van der Waals surface area contributed by atoms with Gasteiger partial charge >= 0.3 is 12.3 Å². The Morgan fingerprint density at radius 3 is 2.68 bits per heavy atom. The minimum atomic E-state index is -4.19. The lowest BCUT2D eigenvalue weighted by atomic mass is 10.2. The summed E-state index contributed by atoms with van der Waals surface area (Å²) < 4.78 is 54.7. The Labute approximate surface area is 108 Å². The van der Waals surface area contributed by atoms with Gasteiger partial charge in [0.1, 0.15) is 6.61 Å². The highest BCUT2D eigenvalue weighted by Crippen LogP contribution is 2.22. The first kappa shape index (κ1) is 15.9. The van der Waals surface area contributed by atoms with Gasteiger partial charge in [0.05, 0.1) is 18.9 Å². The van der Waals surface area contributed by atoms with Gasteiger partial charge in [0.2, 0.25) is 0 Å². The Balaban J connectivity index is 2.30. The fourth-order valence-electron chi connectivity index (χ4n) is 1.41. The maximum Gasteiger partial charge on any atom is 0.330 e. The van der Waals surface area contributed by atoms with E-state index in [4.69, 9.17) is 0 Å². The van der Waals surface area contributed by atoms with E-state index in [1.165, 1.54) is 0 Å². The quantitative estimate of drug-likeness (QED) is 0.739. The summed E-state index contributed by atoms with van der Waals surface area (Å²) in [6, 6.07) is 0. The van der Waals surface area contributed by atoms with E-state index in [1.807, 2.05) is 6.92 Å². The number of aryl methyl sites for hydroxylation is 1. The van der Waals surface area contributed by atoms with E-state index < -0.39 is 31.7 Å². The topological polar surface area (TPSA) is 47.3 Å². The Morgan fingerprint density at radius 2 is 2.16 bits per heavy atom. The van der Waals surface area contributed by atoms with Crippen LogP contribution < -0.4 is 0 Å². The molecule has 1 rings (SSSR count). The van der Waals surface area contributed by atoms with Crippen molar-refractivity contribution in [1.29, 1.82) is 0 Å². The molecular formula is C11H16F4N2O2. The van der Waals surface area contributed by atoms with Gasteiger partial charge in [-0.15, -0.1) is 0 Å². The molecule has 19 heavy (non-hydrogen) atoms. The smallest absolute Gasteiger partial charge is 0.330 e. The van der Waals surface area contributed by atoms with Crippen molar-refractivity contribution in [3.63, 3.8) is 0 Å². The van der Waals surface area contributed by atoms with Gasteiger partial charge in [0.25, 0.3) is 0 Å². The van der Waals surface area contributed by atoms with Crippen LogP contribution in [-0.2, 0) is 17.7 Å². The maximum atomic E-state index is 12.5. The summed E-state index contributed by atoms with van der Waals surface area (Å²) in [6.45, 7) is 0.728. The number of aliphatic hydroxyl groups is 1. The molecule has 4 nitrogen and oxygen atoms in total. The first-order chi connectivity index (χ1) is 8.85. The van der Waals surface area contributed by atoms with Crippen LogP contribution in [0.4, 0.5) is 17.6 Å². The van der Waals surface area contributed by atoms with Crippen molar-refractivity contribution in [2.24, 2.45) is 0 Å². The second kappa shape index (κ2) is 6.85. The Morgan fingerprint density at radius 1 is 1.47 bits per heavy atom. The summed E-state index contributed by atoms with van der Waals surface area (Å²) in [4.78, 5) is 0. The zero-order valence-corrected chi connectivity index (χ0v) is 10.4. The molecular weight excluding hydrogens is 268 g/mol. The number of nitrogens with zero attached hydrogens (tertiary/aromatic N) is 2. The molecule has 0 aromatic carbocycles. The number of ether oxygens (including phenoxy) is 1. The van der Waals surface area contributed by atoms with Gasteiger partial charge in [-0.3, -0.25) is 4.68 Å². The monoisotopic (exact) mass is 284 g/mol. The van der Waals surface area contributed by atoms with Crippen molar-refractivity contribution in [3.8, 4) is 0 Å². The van der Waals surface area contributed by atoms with Crippen LogP contribution in [-0.4, -0.2) is 46.6 Å². The van der Waals surface area contributed by atoms with Crippen LogP contribution in [0, 0.1) is 0 Å². The molecule has 1 heterocycles. The van der Waals surface area contributed by atoms with Crippen LogP contribution in [0.15, 0.2) is 12.4 Å². The number of hydrogen-bond donors (Lipinski definition) is 1. The normalized spacial score (nSPS) is 14.1. The molecule has 0 bridgehead atoms. The molecule has 0 amide bonds.